The number of hydrogen-bond donors (Lipinski definition) is 2. The second kappa shape index (κ2) is 7.82. The Morgan fingerprint density at radius 1 is 1.37 bits per heavy atom. The molecule has 1 aromatic rings. The topological polar surface area (TPSA) is 48.4 Å². The average molecular weight is 328 g/mol. The maximum Gasteiger partial charge on any atom is 0.129 e. The van der Waals surface area contributed by atoms with Crippen molar-refractivity contribution in [2.75, 3.05) is 31.1 Å². The Balaban J connectivity index is 1.86. The van der Waals surface area contributed by atoms with Crippen molar-refractivity contribution >= 4 is 21.7 Å². The minimum Gasteiger partial charge on any atom is -0.396 e. The van der Waals surface area contributed by atoms with Crippen LogP contribution in [0.4, 0.5) is 5.82 Å². The van der Waals surface area contributed by atoms with Gasteiger partial charge in [-0.25, -0.2) is 4.98 Å². The standard InChI is InChI=1S/C14H22BrN3O/c15-13-5-1-6-14(17-13)18-9-2-4-12(7-10-18)16-8-3-11-19/h1,5-6,12,16,19H,2-4,7-11H2/t12-/m1/s1. The van der Waals surface area contributed by atoms with Gasteiger partial charge in [0.25, 0.3) is 0 Å². The van der Waals surface area contributed by atoms with Gasteiger partial charge in [0, 0.05) is 25.7 Å². The molecule has 0 saturated carbocycles. The van der Waals surface area contributed by atoms with Crippen LogP contribution in [0, 0.1) is 0 Å². The Hall–Kier alpha value is -0.650. The lowest BCUT2D eigenvalue weighted by atomic mass is 10.1. The minimum atomic E-state index is 0.272. The SMILES string of the molecule is OCCCN[C@@H]1CCCN(c2cccc(Br)n2)CC1. The number of halogens is 1. The first-order valence-corrected chi connectivity index (χ1v) is 7.80. The molecule has 0 bridgehead atoms. The average Bonchev–Trinajstić information content (AvgIpc) is 2.65. The molecule has 1 aliphatic rings. The molecule has 4 nitrogen and oxygen atoms in total. The lowest BCUT2D eigenvalue weighted by molar-refractivity contribution is 0.282. The van der Waals surface area contributed by atoms with Gasteiger partial charge in [-0.05, 0) is 60.3 Å². The van der Waals surface area contributed by atoms with Gasteiger partial charge >= 0.3 is 0 Å². The van der Waals surface area contributed by atoms with Crippen LogP contribution in [0.15, 0.2) is 22.8 Å². The van der Waals surface area contributed by atoms with Crippen molar-refractivity contribution in [2.24, 2.45) is 0 Å². The summed E-state index contributed by atoms with van der Waals surface area (Å²) >= 11 is 3.43. The summed E-state index contributed by atoms with van der Waals surface area (Å²) in [6.45, 7) is 3.30. The molecule has 5 heteroatoms. The van der Waals surface area contributed by atoms with Crippen LogP contribution in [0.1, 0.15) is 25.7 Å². The van der Waals surface area contributed by atoms with Crippen LogP contribution in [0.3, 0.4) is 0 Å². The van der Waals surface area contributed by atoms with Crippen molar-refractivity contribution in [1.82, 2.24) is 10.3 Å². The molecule has 1 fully saturated rings. The number of rotatable bonds is 5. The molecule has 2 rings (SSSR count). The lowest BCUT2D eigenvalue weighted by Gasteiger charge is -2.22. The van der Waals surface area contributed by atoms with E-state index in [2.05, 4.69) is 37.2 Å². The number of aliphatic hydroxyl groups is 1. The zero-order valence-electron chi connectivity index (χ0n) is 11.2. The van der Waals surface area contributed by atoms with Gasteiger partial charge in [-0.1, -0.05) is 6.07 Å². The molecule has 1 saturated heterocycles. The Morgan fingerprint density at radius 2 is 2.26 bits per heavy atom. The molecule has 0 spiro atoms. The summed E-state index contributed by atoms with van der Waals surface area (Å²) in [6.07, 6.45) is 4.37. The summed E-state index contributed by atoms with van der Waals surface area (Å²) < 4.78 is 0.895. The number of nitrogens with zero attached hydrogens (tertiary/aromatic N) is 2. The molecule has 0 unspecified atom stereocenters. The highest BCUT2D eigenvalue weighted by molar-refractivity contribution is 9.10. The van der Waals surface area contributed by atoms with Gasteiger partial charge in [0.1, 0.15) is 10.4 Å². The van der Waals surface area contributed by atoms with Gasteiger partial charge in [-0.3, -0.25) is 0 Å². The first kappa shape index (κ1) is 14.8. The highest BCUT2D eigenvalue weighted by Crippen LogP contribution is 2.19. The van der Waals surface area contributed by atoms with E-state index in [1.165, 1.54) is 12.8 Å². The van der Waals surface area contributed by atoms with E-state index in [0.717, 1.165) is 42.9 Å². The van der Waals surface area contributed by atoms with Crippen molar-refractivity contribution in [1.29, 1.82) is 0 Å². The summed E-state index contributed by atoms with van der Waals surface area (Å²) in [7, 11) is 0. The molecular weight excluding hydrogens is 306 g/mol. The highest BCUT2D eigenvalue weighted by atomic mass is 79.9. The van der Waals surface area contributed by atoms with Gasteiger partial charge in [-0.15, -0.1) is 0 Å². The zero-order chi connectivity index (χ0) is 13.5. The molecular formula is C14H22BrN3O. The van der Waals surface area contributed by atoms with Crippen molar-refractivity contribution in [2.45, 2.75) is 31.7 Å². The van der Waals surface area contributed by atoms with E-state index < -0.39 is 0 Å². The van der Waals surface area contributed by atoms with Crippen LogP contribution in [-0.2, 0) is 0 Å². The van der Waals surface area contributed by atoms with E-state index in [0.29, 0.717) is 6.04 Å². The van der Waals surface area contributed by atoms with E-state index in [-0.39, 0.29) is 6.61 Å². The number of hydrogen-bond acceptors (Lipinski definition) is 4. The number of anilines is 1. The predicted molar refractivity (Wildman–Crippen MR) is 81.5 cm³/mol. The monoisotopic (exact) mass is 327 g/mol. The second-order valence-electron chi connectivity index (χ2n) is 4.96. The van der Waals surface area contributed by atoms with Crippen LogP contribution in [0.2, 0.25) is 0 Å². The Labute approximate surface area is 123 Å². The molecule has 0 aromatic carbocycles. The Morgan fingerprint density at radius 3 is 3.05 bits per heavy atom. The number of aliphatic hydroxyl groups excluding tert-OH is 1. The first-order valence-electron chi connectivity index (χ1n) is 7.01. The summed E-state index contributed by atoms with van der Waals surface area (Å²) in [5.41, 5.74) is 0. The quantitative estimate of drug-likeness (QED) is 0.642. The molecule has 2 heterocycles. The number of nitrogens with one attached hydrogen (secondary N) is 1. The second-order valence-corrected chi connectivity index (χ2v) is 5.78. The van der Waals surface area contributed by atoms with Gasteiger partial charge in [0.15, 0.2) is 0 Å². The normalized spacial score (nSPS) is 20.3. The van der Waals surface area contributed by atoms with Crippen LogP contribution < -0.4 is 10.2 Å². The third-order valence-electron chi connectivity index (χ3n) is 3.52. The van der Waals surface area contributed by atoms with Gasteiger partial charge in [-0.2, -0.15) is 0 Å². The third-order valence-corrected chi connectivity index (χ3v) is 3.96. The largest absolute Gasteiger partial charge is 0.396 e. The summed E-state index contributed by atoms with van der Waals surface area (Å²) in [5.74, 6) is 1.06. The van der Waals surface area contributed by atoms with Gasteiger partial charge in [0.05, 0.1) is 0 Å². The Bertz CT molecular complexity index is 389. The first-order chi connectivity index (χ1) is 9.29. The van der Waals surface area contributed by atoms with Crippen molar-refractivity contribution in [3.8, 4) is 0 Å². The number of aromatic nitrogens is 1. The Kier molecular flexibility index (Phi) is 6.07. The van der Waals surface area contributed by atoms with Crippen molar-refractivity contribution in [3.63, 3.8) is 0 Å². The van der Waals surface area contributed by atoms with E-state index in [1.807, 2.05) is 12.1 Å². The predicted octanol–water partition coefficient (Wildman–Crippen LogP) is 2.17. The fourth-order valence-corrected chi connectivity index (χ4v) is 2.82. The van der Waals surface area contributed by atoms with Crippen LogP contribution in [0.5, 0.6) is 0 Å². The van der Waals surface area contributed by atoms with Gasteiger partial charge < -0.3 is 15.3 Å². The van der Waals surface area contributed by atoms with Crippen LogP contribution in [-0.4, -0.2) is 42.4 Å². The van der Waals surface area contributed by atoms with Crippen LogP contribution >= 0.6 is 15.9 Å². The molecule has 19 heavy (non-hydrogen) atoms. The molecule has 106 valence electrons. The van der Waals surface area contributed by atoms with Gasteiger partial charge in [0.2, 0.25) is 0 Å². The molecule has 1 aliphatic heterocycles. The van der Waals surface area contributed by atoms with Crippen molar-refractivity contribution in [3.05, 3.63) is 22.8 Å². The molecule has 1 atom stereocenters. The molecule has 1 aromatic heterocycles. The van der Waals surface area contributed by atoms with Crippen LogP contribution in [0.25, 0.3) is 0 Å². The smallest absolute Gasteiger partial charge is 0.129 e. The lowest BCUT2D eigenvalue weighted by Crippen LogP contribution is -2.32. The summed E-state index contributed by atoms with van der Waals surface area (Å²) in [4.78, 5) is 6.89. The fraction of sp³-hybridized carbons (Fsp3) is 0.643. The molecule has 0 radical (unpaired) electrons. The third kappa shape index (κ3) is 4.75. The maximum atomic E-state index is 8.81. The van der Waals surface area contributed by atoms with Crippen molar-refractivity contribution < 1.29 is 5.11 Å². The van der Waals surface area contributed by atoms with E-state index in [9.17, 15) is 0 Å². The fourth-order valence-electron chi connectivity index (χ4n) is 2.49. The number of pyridine rings is 1. The van der Waals surface area contributed by atoms with E-state index >= 15 is 0 Å². The maximum absolute atomic E-state index is 8.81. The minimum absolute atomic E-state index is 0.272. The summed E-state index contributed by atoms with van der Waals surface area (Å²) in [6, 6.07) is 6.64. The van der Waals surface area contributed by atoms with E-state index in [4.69, 9.17) is 5.11 Å². The molecule has 0 amide bonds. The summed E-state index contributed by atoms with van der Waals surface area (Å²) in [5, 5.41) is 12.3. The zero-order valence-corrected chi connectivity index (χ0v) is 12.8. The molecule has 0 aliphatic carbocycles. The highest BCUT2D eigenvalue weighted by Gasteiger charge is 2.17. The van der Waals surface area contributed by atoms with E-state index in [1.54, 1.807) is 0 Å². The molecule has 2 N–H and O–H groups in total.